The Hall–Kier alpha value is -0.650. The minimum atomic E-state index is -3.11. The van der Waals surface area contributed by atoms with Crippen molar-refractivity contribution in [3.63, 3.8) is 0 Å². The fourth-order valence-electron chi connectivity index (χ4n) is 1.49. The average Bonchev–Trinajstić information content (AvgIpc) is 2.06. The van der Waals surface area contributed by atoms with E-state index < -0.39 is 8.83 Å². The summed E-state index contributed by atoms with van der Waals surface area (Å²) in [5.74, 6) is 3.26. The summed E-state index contributed by atoms with van der Waals surface area (Å²) in [6.07, 6.45) is 0. The van der Waals surface area contributed by atoms with Gasteiger partial charge in [0.05, 0.1) is 0 Å². The average molecular weight is 273 g/mol. The van der Waals surface area contributed by atoms with Gasteiger partial charge in [0.25, 0.3) is 0 Å². The highest BCUT2D eigenvalue weighted by Crippen LogP contribution is 2.37. The van der Waals surface area contributed by atoms with Crippen molar-refractivity contribution in [1.82, 2.24) is 0 Å². The molecule has 1 aromatic rings. The van der Waals surface area contributed by atoms with Gasteiger partial charge >= 0.3 is 0 Å². The summed E-state index contributed by atoms with van der Waals surface area (Å²) in [6, 6.07) is 3.73. The van der Waals surface area contributed by atoms with Crippen LogP contribution in [0.25, 0.3) is 0 Å². The Bertz CT molecular complexity index is 528. The first-order valence-electron chi connectivity index (χ1n) is 5.20. The molecule has 0 radical (unpaired) electrons. The number of hydrogen-bond donors (Lipinski definition) is 2. The van der Waals surface area contributed by atoms with E-state index >= 15 is 0 Å². The molecule has 0 fully saturated rings. The van der Waals surface area contributed by atoms with Crippen LogP contribution in [0.5, 0.6) is 0 Å². The van der Waals surface area contributed by atoms with Crippen molar-refractivity contribution in [3.8, 4) is 0 Å². The van der Waals surface area contributed by atoms with Crippen LogP contribution in [-0.4, -0.2) is 14.6 Å². The predicted molar refractivity (Wildman–Crippen MR) is 78.0 cm³/mol. The highest BCUT2D eigenvalue weighted by atomic mass is 33.1. The van der Waals surface area contributed by atoms with Crippen LogP contribution in [0.15, 0.2) is 17.0 Å². The first-order valence-corrected chi connectivity index (χ1v) is 8.22. The van der Waals surface area contributed by atoms with Crippen LogP contribution in [-0.2, 0) is 14.2 Å². The van der Waals surface area contributed by atoms with E-state index in [1.54, 1.807) is 0 Å². The molecule has 1 aromatic carbocycles. The molecule has 0 bridgehead atoms. The lowest BCUT2D eigenvalue weighted by molar-refractivity contribution is 0.574. The van der Waals surface area contributed by atoms with Gasteiger partial charge in [0.1, 0.15) is 8.83 Å². The van der Waals surface area contributed by atoms with Gasteiger partial charge < -0.3 is 10.3 Å². The minimum Gasteiger partial charge on any atom is -0.399 e. The molecular weight excluding hydrogens is 254 g/mol. The van der Waals surface area contributed by atoms with Crippen molar-refractivity contribution in [1.29, 1.82) is 0 Å². The van der Waals surface area contributed by atoms with Crippen LogP contribution in [0.4, 0.5) is 5.69 Å². The van der Waals surface area contributed by atoms with Gasteiger partial charge in [-0.05, 0) is 52.3 Å². The Balaban J connectivity index is 3.42. The SMILES string of the molecule is C=S(=O)(O)Sc1cc(C)c(N)cc1C(C)(C)C. The third-order valence-corrected chi connectivity index (χ3v) is 4.49. The lowest BCUT2D eigenvalue weighted by atomic mass is 9.86. The molecule has 96 valence electrons. The van der Waals surface area contributed by atoms with Crippen molar-refractivity contribution in [2.75, 3.05) is 5.73 Å². The van der Waals surface area contributed by atoms with Gasteiger partial charge in [-0.3, -0.25) is 0 Å². The van der Waals surface area contributed by atoms with E-state index in [9.17, 15) is 8.76 Å². The molecule has 1 unspecified atom stereocenters. The molecule has 0 aliphatic heterocycles. The lowest BCUT2D eigenvalue weighted by Crippen LogP contribution is -2.14. The van der Waals surface area contributed by atoms with E-state index in [1.807, 2.05) is 39.8 Å². The van der Waals surface area contributed by atoms with Gasteiger partial charge in [0, 0.05) is 10.6 Å². The van der Waals surface area contributed by atoms with Crippen LogP contribution in [0.2, 0.25) is 0 Å². The van der Waals surface area contributed by atoms with Crippen molar-refractivity contribution in [2.24, 2.45) is 0 Å². The number of aryl methyl sites for hydroxylation is 1. The summed E-state index contributed by atoms with van der Waals surface area (Å²) in [5, 5.41) is 0. The third-order valence-electron chi connectivity index (χ3n) is 2.40. The van der Waals surface area contributed by atoms with Crippen LogP contribution < -0.4 is 5.73 Å². The van der Waals surface area contributed by atoms with E-state index in [1.165, 1.54) is 0 Å². The second-order valence-electron chi connectivity index (χ2n) is 5.12. The van der Waals surface area contributed by atoms with E-state index in [4.69, 9.17) is 5.73 Å². The van der Waals surface area contributed by atoms with E-state index in [-0.39, 0.29) is 5.41 Å². The minimum absolute atomic E-state index is 0.130. The monoisotopic (exact) mass is 273 g/mol. The highest BCUT2D eigenvalue weighted by molar-refractivity contribution is 8.73. The van der Waals surface area contributed by atoms with Gasteiger partial charge in [-0.15, -0.1) is 0 Å². The normalized spacial score (nSPS) is 15.6. The fourth-order valence-corrected chi connectivity index (χ4v) is 3.71. The van der Waals surface area contributed by atoms with Gasteiger partial charge in [0.2, 0.25) is 0 Å². The smallest absolute Gasteiger partial charge is 0.132 e. The highest BCUT2D eigenvalue weighted by Gasteiger charge is 2.21. The maximum Gasteiger partial charge on any atom is 0.132 e. The number of benzene rings is 1. The zero-order chi connectivity index (χ0) is 13.4. The maximum absolute atomic E-state index is 11.4. The molecule has 0 aliphatic carbocycles. The fraction of sp³-hybridized carbons (Fsp3) is 0.417. The number of hydrogen-bond acceptors (Lipinski definition) is 3. The van der Waals surface area contributed by atoms with Gasteiger partial charge in [-0.2, -0.15) is 0 Å². The number of nitrogens with two attached hydrogens (primary N) is 1. The molecule has 0 amide bonds. The number of nitrogen functional groups attached to an aromatic ring is 1. The van der Waals surface area contributed by atoms with Crippen molar-refractivity contribution < 1.29 is 8.76 Å². The largest absolute Gasteiger partial charge is 0.399 e. The molecule has 0 aromatic heterocycles. The molecule has 17 heavy (non-hydrogen) atoms. The first kappa shape index (κ1) is 14.4. The Labute approximate surface area is 107 Å². The van der Waals surface area contributed by atoms with Crippen LogP contribution in [0, 0.1) is 6.92 Å². The Kier molecular flexibility index (Phi) is 3.86. The number of rotatable bonds is 2. The van der Waals surface area contributed by atoms with Crippen molar-refractivity contribution in [2.45, 2.75) is 38.0 Å². The van der Waals surface area contributed by atoms with Crippen molar-refractivity contribution >= 4 is 31.2 Å². The summed E-state index contributed by atoms with van der Waals surface area (Å²) < 4.78 is 20.8. The Morgan fingerprint density at radius 3 is 2.35 bits per heavy atom. The van der Waals surface area contributed by atoms with Crippen LogP contribution in [0.1, 0.15) is 31.9 Å². The second kappa shape index (κ2) is 4.55. The molecule has 1 rings (SSSR count). The molecule has 5 heteroatoms. The zero-order valence-electron chi connectivity index (χ0n) is 10.6. The lowest BCUT2D eigenvalue weighted by Gasteiger charge is -2.23. The molecule has 0 spiro atoms. The predicted octanol–water partition coefficient (Wildman–Crippen LogP) is 3.07. The Morgan fingerprint density at radius 2 is 1.94 bits per heavy atom. The topological polar surface area (TPSA) is 63.3 Å². The van der Waals surface area contributed by atoms with E-state index in [0.29, 0.717) is 5.69 Å². The molecule has 0 saturated heterocycles. The molecular formula is C12H19NO2S2. The van der Waals surface area contributed by atoms with E-state index in [2.05, 4.69) is 5.87 Å². The third kappa shape index (κ3) is 3.94. The molecule has 0 heterocycles. The van der Waals surface area contributed by atoms with Crippen LogP contribution in [0.3, 0.4) is 0 Å². The van der Waals surface area contributed by atoms with Crippen molar-refractivity contribution in [3.05, 3.63) is 23.3 Å². The van der Waals surface area contributed by atoms with E-state index in [0.717, 1.165) is 26.8 Å². The summed E-state index contributed by atoms with van der Waals surface area (Å²) in [7, 11) is -2.22. The maximum atomic E-state index is 11.4. The molecule has 0 saturated carbocycles. The van der Waals surface area contributed by atoms with Gasteiger partial charge in [0.15, 0.2) is 0 Å². The summed E-state index contributed by atoms with van der Waals surface area (Å²) >= 11 is 0. The summed E-state index contributed by atoms with van der Waals surface area (Å²) in [6.45, 7) is 8.02. The quantitative estimate of drug-likeness (QED) is 0.494. The molecule has 1 atom stereocenters. The molecule has 0 aliphatic rings. The molecule has 3 N–H and O–H groups in total. The Morgan fingerprint density at radius 1 is 1.41 bits per heavy atom. The molecule has 3 nitrogen and oxygen atoms in total. The van der Waals surface area contributed by atoms with Gasteiger partial charge in [-0.1, -0.05) is 20.8 Å². The van der Waals surface area contributed by atoms with Gasteiger partial charge in [-0.25, -0.2) is 4.21 Å². The second-order valence-corrected chi connectivity index (χ2v) is 8.95. The number of anilines is 1. The summed E-state index contributed by atoms with van der Waals surface area (Å²) in [4.78, 5) is 0.770. The summed E-state index contributed by atoms with van der Waals surface area (Å²) in [5.41, 5.74) is 8.34. The van der Waals surface area contributed by atoms with Crippen LogP contribution >= 0.6 is 10.8 Å². The standard InChI is InChI=1S/C12H19NO2S2/c1-8-6-11(16-17(5,14)15)9(7-10(8)13)12(2,3)4/h6-7H,5,13H2,1-4H3,(H,14,15). The zero-order valence-corrected chi connectivity index (χ0v) is 12.2. The first-order chi connectivity index (χ1) is 7.50.